The Bertz CT molecular complexity index is 658. The summed E-state index contributed by atoms with van der Waals surface area (Å²) >= 11 is 0. The van der Waals surface area contributed by atoms with Crippen molar-refractivity contribution in [1.29, 1.82) is 0 Å². The smallest absolute Gasteiger partial charge is 0.253 e. The molecule has 25 heavy (non-hydrogen) atoms. The van der Waals surface area contributed by atoms with Crippen LogP contribution in [0.25, 0.3) is 0 Å². The van der Waals surface area contributed by atoms with Gasteiger partial charge in [0.05, 0.1) is 4.90 Å². The molecule has 0 radical (unpaired) electrons. The first kappa shape index (κ1) is 23.9. The normalized spacial score (nSPS) is 12.0. The number of sulfonamides is 1. The molecule has 0 heterocycles. The van der Waals surface area contributed by atoms with Crippen LogP contribution in [0.1, 0.15) is 38.1 Å². The van der Waals surface area contributed by atoms with Crippen molar-refractivity contribution in [3.05, 3.63) is 29.8 Å². The first-order valence-corrected chi connectivity index (χ1v) is 9.52. The van der Waals surface area contributed by atoms with Gasteiger partial charge in [0, 0.05) is 25.7 Å². The Morgan fingerprint density at radius 2 is 1.76 bits per heavy atom. The summed E-state index contributed by atoms with van der Waals surface area (Å²) in [6, 6.07) is 5.99. The van der Waals surface area contributed by atoms with E-state index < -0.39 is 10.0 Å². The molecule has 1 rings (SSSR count). The maximum atomic E-state index is 12.4. The van der Waals surface area contributed by atoms with Gasteiger partial charge in [0.2, 0.25) is 10.0 Å². The number of carbonyl (C=O) groups is 1. The third kappa shape index (κ3) is 7.32. The number of nitrogens with two attached hydrogens (primary N) is 1. The minimum absolute atomic E-state index is 0. The SMILES string of the molecule is CC(C)CNS(=O)(=O)c1ccc(C(=O)N(C)CC(C)(C)CN)cc1.Cl. The highest BCUT2D eigenvalue weighted by Gasteiger charge is 2.22. The van der Waals surface area contributed by atoms with Gasteiger partial charge in [-0.05, 0) is 42.1 Å². The summed E-state index contributed by atoms with van der Waals surface area (Å²) < 4.78 is 26.9. The number of hydrogen-bond donors (Lipinski definition) is 2. The van der Waals surface area contributed by atoms with Crippen LogP contribution in [0.2, 0.25) is 0 Å². The van der Waals surface area contributed by atoms with Crippen LogP contribution in [0.3, 0.4) is 0 Å². The van der Waals surface area contributed by atoms with E-state index in [-0.39, 0.29) is 34.5 Å². The van der Waals surface area contributed by atoms with Crippen molar-refractivity contribution in [2.24, 2.45) is 17.1 Å². The van der Waals surface area contributed by atoms with Crippen LogP contribution in [0.5, 0.6) is 0 Å². The molecule has 0 aliphatic rings. The molecule has 0 aliphatic heterocycles. The van der Waals surface area contributed by atoms with Gasteiger partial charge in [-0.25, -0.2) is 13.1 Å². The van der Waals surface area contributed by atoms with E-state index >= 15 is 0 Å². The van der Waals surface area contributed by atoms with Crippen LogP contribution >= 0.6 is 12.4 Å². The highest BCUT2D eigenvalue weighted by Crippen LogP contribution is 2.17. The van der Waals surface area contributed by atoms with Crippen LogP contribution in [-0.2, 0) is 10.0 Å². The first-order valence-electron chi connectivity index (χ1n) is 8.04. The molecule has 0 bridgehead atoms. The predicted octanol–water partition coefficient (Wildman–Crippen LogP) is 2.10. The summed E-state index contributed by atoms with van der Waals surface area (Å²) in [6.07, 6.45) is 0. The van der Waals surface area contributed by atoms with Crippen LogP contribution in [-0.4, -0.2) is 45.9 Å². The molecule has 0 unspecified atom stereocenters. The third-order valence-corrected chi connectivity index (χ3v) is 5.10. The number of benzene rings is 1. The lowest BCUT2D eigenvalue weighted by molar-refractivity contribution is 0.0740. The van der Waals surface area contributed by atoms with E-state index in [4.69, 9.17) is 5.73 Å². The summed E-state index contributed by atoms with van der Waals surface area (Å²) in [4.78, 5) is 14.2. The standard InChI is InChI=1S/C17H29N3O3S.ClH/c1-13(2)10-19-24(22,23)15-8-6-14(7-9-15)16(21)20(5)12-17(3,4)11-18;/h6-9,13,19H,10-12,18H2,1-5H3;1H. The van der Waals surface area contributed by atoms with Gasteiger partial charge in [-0.15, -0.1) is 12.4 Å². The third-order valence-electron chi connectivity index (χ3n) is 3.66. The average Bonchev–Trinajstić information content (AvgIpc) is 2.52. The molecule has 0 aliphatic carbocycles. The molecular formula is C17H30ClN3O3S. The quantitative estimate of drug-likeness (QED) is 0.709. The van der Waals surface area contributed by atoms with Crippen LogP contribution in [0, 0.1) is 11.3 Å². The first-order chi connectivity index (χ1) is 11.0. The zero-order valence-corrected chi connectivity index (χ0v) is 17.2. The van der Waals surface area contributed by atoms with Crippen molar-refractivity contribution in [3.63, 3.8) is 0 Å². The molecule has 0 spiro atoms. The molecule has 3 N–H and O–H groups in total. The van der Waals surface area contributed by atoms with Gasteiger partial charge in [0.15, 0.2) is 0 Å². The van der Waals surface area contributed by atoms with E-state index in [0.29, 0.717) is 25.2 Å². The number of amides is 1. The Balaban J connectivity index is 0.00000576. The Morgan fingerprint density at radius 1 is 1.24 bits per heavy atom. The summed E-state index contributed by atoms with van der Waals surface area (Å²) in [7, 11) is -1.83. The van der Waals surface area contributed by atoms with Crippen LogP contribution in [0.4, 0.5) is 0 Å². The van der Waals surface area contributed by atoms with E-state index in [2.05, 4.69) is 4.72 Å². The van der Waals surface area contributed by atoms with Gasteiger partial charge in [0.1, 0.15) is 0 Å². The molecule has 1 aromatic rings. The number of nitrogens with one attached hydrogen (secondary N) is 1. The predicted molar refractivity (Wildman–Crippen MR) is 104 cm³/mol. The van der Waals surface area contributed by atoms with Gasteiger partial charge in [-0.3, -0.25) is 4.79 Å². The minimum atomic E-state index is -3.54. The topological polar surface area (TPSA) is 92.5 Å². The van der Waals surface area contributed by atoms with Crippen molar-refractivity contribution in [2.45, 2.75) is 32.6 Å². The lowest BCUT2D eigenvalue weighted by Crippen LogP contribution is -2.39. The van der Waals surface area contributed by atoms with E-state index in [1.807, 2.05) is 27.7 Å². The second kappa shape index (κ2) is 9.52. The highest BCUT2D eigenvalue weighted by atomic mass is 35.5. The second-order valence-electron chi connectivity index (χ2n) is 7.30. The number of carbonyl (C=O) groups excluding carboxylic acids is 1. The van der Waals surface area contributed by atoms with E-state index in [9.17, 15) is 13.2 Å². The van der Waals surface area contributed by atoms with E-state index in [1.165, 1.54) is 24.3 Å². The fourth-order valence-electron chi connectivity index (χ4n) is 2.14. The molecule has 1 aromatic carbocycles. The largest absolute Gasteiger partial charge is 0.341 e. The molecule has 144 valence electrons. The van der Waals surface area contributed by atoms with Crippen LogP contribution < -0.4 is 10.5 Å². The lowest BCUT2D eigenvalue weighted by Gasteiger charge is -2.29. The fourth-order valence-corrected chi connectivity index (χ4v) is 3.35. The maximum Gasteiger partial charge on any atom is 0.253 e. The molecule has 0 saturated heterocycles. The highest BCUT2D eigenvalue weighted by molar-refractivity contribution is 7.89. The van der Waals surface area contributed by atoms with E-state index in [0.717, 1.165) is 0 Å². The van der Waals surface area contributed by atoms with Crippen molar-refractivity contribution >= 4 is 28.3 Å². The summed E-state index contributed by atoms with van der Waals surface area (Å²) in [5.41, 5.74) is 5.98. The summed E-state index contributed by atoms with van der Waals surface area (Å²) in [5, 5.41) is 0. The Morgan fingerprint density at radius 3 is 2.20 bits per heavy atom. The second-order valence-corrected chi connectivity index (χ2v) is 9.07. The number of hydrogen-bond acceptors (Lipinski definition) is 4. The molecule has 0 atom stereocenters. The molecule has 6 nitrogen and oxygen atoms in total. The van der Waals surface area contributed by atoms with Crippen molar-refractivity contribution in [1.82, 2.24) is 9.62 Å². The minimum Gasteiger partial charge on any atom is -0.341 e. The van der Waals surface area contributed by atoms with Gasteiger partial charge < -0.3 is 10.6 Å². The molecule has 1 amide bonds. The fraction of sp³-hybridized carbons (Fsp3) is 0.588. The molecular weight excluding hydrogens is 362 g/mol. The Labute approximate surface area is 157 Å². The number of rotatable bonds is 8. The van der Waals surface area contributed by atoms with Gasteiger partial charge in [-0.1, -0.05) is 27.7 Å². The summed E-state index contributed by atoms with van der Waals surface area (Å²) in [6.45, 7) is 9.23. The van der Waals surface area contributed by atoms with Crippen LogP contribution in [0.15, 0.2) is 29.2 Å². The van der Waals surface area contributed by atoms with Gasteiger partial charge in [-0.2, -0.15) is 0 Å². The summed E-state index contributed by atoms with van der Waals surface area (Å²) in [5.74, 6) is 0.0655. The Kier molecular flexibility index (Phi) is 9.08. The molecule has 8 heteroatoms. The zero-order chi connectivity index (χ0) is 18.5. The van der Waals surface area contributed by atoms with Gasteiger partial charge in [0.25, 0.3) is 5.91 Å². The van der Waals surface area contributed by atoms with E-state index in [1.54, 1.807) is 11.9 Å². The number of halogens is 1. The van der Waals surface area contributed by atoms with Crippen molar-refractivity contribution in [3.8, 4) is 0 Å². The lowest BCUT2D eigenvalue weighted by atomic mass is 9.93. The monoisotopic (exact) mass is 391 g/mol. The average molecular weight is 392 g/mol. The maximum absolute atomic E-state index is 12.4. The van der Waals surface area contributed by atoms with Crippen molar-refractivity contribution in [2.75, 3.05) is 26.7 Å². The molecule has 0 saturated carbocycles. The molecule has 0 fully saturated rings. The molecule has 0 aromatic heterocycles. The zero-order valence-electron chi connectivity index (χ0n) is 15.6. The Hall–Kier alpha value is -1.15. The number of nitrogens with zero attached hydrogens (tertiary/aromatic N) is 1. The van der Waals surface area contributed by atoms with Crippen molar-refractivity contribution < 1.29 is 13.2 Å². The van der Waals surface area contributed by atoms with Gasteiger partial charge >= 0.3 is 0 Å².